The van der Waals surface area contributed by atoms with Gasteiger partial charge in [0.1, 0.15) is 0 Å². The van der Waals surface area contributed by atoms with Gasteiger partial charge in [-0.1, -0.05) is 13.8 Å². The maximum Gasteiger partial charge on any atom is 0.224 e. The van der Waals surface area contributed by atoms with Crippen molar-refractivity contribution < 1.29 is 4.79 Å². The van der Waals surface area contributed by atoms with Gasteiger partial charge < -0.3 is 15.2 Å². The van der Waals surface area contributed by atoms with Crippen LogP contribution in [-0.2, 0) is 17.8 Å². The molecule has 1 amide bonds. The Morgan fingerprint density at radius 2 is 2.10 bits per heavy atom. The van der Waals surface area contributed by atoms with Crippen molar-refractivity contribution in [2.24, 2.45) is 11.1 Å². The van der Waals surface area contributed by atoms with Crippen LogP contribution in [0.3, 0.4) is 0 Å². The van der Waals surface area contributed by atoms with Crippen LogP contribution in [0.15, 0.2) is 12.3 Å². The molecule has 1 unspecified atom stereocenters. The SMILES string of the molecule is CC1(C)Cc2c(ccn2CCC(=O)N2CCCC2)C(N)C1. The van der Waals surface area contributed by atoms with E-state index in [1.165, 1.54) is 11.3 Å². The van der Waals surface area contributed by atoms with Crippen molar-refractivity contribution in [3.63, 3.8) is 0 Å². The Morgan fingerprint density at radius 3 is 2.81 bits per heavy atom. The van der Waals surface area contributed by atoms with Crippen LogP contribution in [0.1, 0.15) is 56.8 Å². The average Bonchev–Trinajstić information content (AvgIpc) is 3.03. The zero-order valence-electron chi connectivity index (χ0n) is 13.3. The van der Waals surface area contributed by atoms with Gasteiger partial charge in [0.25, 0.3) is 0 Å². The molecule has 3 rings (SSSR count). The summed E-state index contributed by atoms with van der Waals surface area (Å²) in [7, 11) is 0. The van der Waals surface area contributed by atoms with Gasteiger partial charge in [0, 0.05) is 44.0 Å². The standard InChI is InChI=1S/C17H27N3O/c1-17(2)11-14(18)13-5-9-19(15(13)12-17)10-6-16(21)20-7-3-4-8-20/h5,9,14H,3-4,6-8,10-12,18H2,1-2H3. The van der Waals surface area contributed by atoms with Crippen molar-refractivity contribution in [2.75, 3.05) is 13.1 Å². The number of fused-ring (bicyclic) bond motifs is 1. The lowest BCUT2D eigenvalue weighted by Gasteiger charge is -2.34. The molecule has 0 radical (unpaired) electrons. The smallest absolute Gasteiger partial charge is 0.224 e. The van der Waals surface area contributed by atoms with Crippen LogP contribution in [-0.4, -0.2) is 28.5 Å². The van der Waals surface area contributed by atoms with Gasteiger partial charge in [0.2, 0.25) is 5.91 Å². The van der Waals surface area contributed by atoms with Crippen LogP contribution < -0.4 is 5.73 Å². The molecule has 2 aliphatic rings. The zero-order chi connectivity index (χ0) is 15.0. The van der Waals surface area contributed by atoms with Crippen molar-refractivity contribution in [1.82, 2.24) is 9.47 Å². The molecule has 2 N–H and O–H groups in total. The first-order valence-electron chi connectivity index (χ1n) is 8.17. The molecule has 0 aromatic carbocycles. The maximum atomic E-state index is 12.2. The summed E-state index contributed by atoms with van der Waals surface area (Å²) in [5, 5.41) is 0. The number of amides is 1. The number of aryl methyl sites for hydroxylation is 1. The minimum Gasteiger partial charge on any atom is -0.351 e. The second kappa shape index (κ2) is 5.48. The highest BCUT2D eigenvalue weighted by atomic mass is 16.2. The van der Waals surface area contributed by atoms with E-state index >= 15 is 0 Å². The lowest BCUT2D eigenvalue weighted by molar-refractivity contribution is -0.130. The molecule has 4 heteroatoms. The molecule has 1 aromatic heterocycles. The molecule has 4 nitrogen and oxygen atoms in total. The molecule has 1 aliphatic heterocycles. The zero-order valence-corrected chi connectivity index (χ0v) is 13.3. The molecular weight excluding hydrogens is 262 g/mol. The third-order valence-corrected chi connectivity index (χ3v) is 4.96. The fourth-order valence-corrected chi connectivity index (χ4v) is 3.84. The van der Waals surface area contributed by atoms with Crippen LogP contribution in [0, 0.1) is 5.41 Å². The minimum absolute atomic E-state index is 0.138. The Bertz CT molecular complexity index is 526. The van der Waals surface area contributed by atoms with Crippen molar-refractivity contribution in [3.8, 4) is 0 Å². The van der Waals surface area contributed by atoms with E-state index in [0.29, 0.717) is 12.3 Å². The van der Waals surface area contributed by atoms with E-state index in [9.17, 15) is 4.79 Å². The van der Waals surface area contributed by atoms with Crippen LogP contribution in [0.25, 0.3) is 0 Å². The molecule has 0 spiro atoms. The second-order valence-electron chi connectivity index (χ2n) is 7.40. The van der Waals surface area contributed by atoms with Crippen molar-refractivity contribution in [1.29, 1.82) is 0 Å². The van der Waals surface area contributed by atoms with E-state index in [1.807, 2.05) is 4.90 Å². The first-order valence-corrected chi connectivity index (χ1v) is 8.17. The predicted molar refractivity (Wildman–Crippen MR) is 83.9 cm³/mol. The van der Waals surface area contributed by atoms with Crippen LogP contribution in [0.5, 0.6) is 0 Å². The average molecular weight is 289 g/mol. The second-order valence-corrected chi connectivity index (χ2v) is 7.40. The topological polar surface area (TPSA) is 51.3 Å². The Hall–Kier alpha value is -1.29. The summed E-state index contributed by atoms with van der Waals surface area (Å²) in [6.45, 7) is 7.24. The van der Waals surface area contributed by atoms with Gasteiger partial charge in [0.15, 0.2) is 0 Å². The molecule has 0 saturated carbocycles. The predicted octanol–water partition coefficient (Wildman–Crippen LogP) is 2.47. The number of hydrogen-bond donors (Lipinski definition) is 1. The van der Waals surface area contributed by atoms with Gasteiger partial charge in [-0.2, -0.15) is 0 Å². The summed E-state index contributed by atoms with van der Waals surface area (Å²) in [4.78, 5) is 14.2. The van der Waals surface area contributed by atoms with Crippen LogP contribution in [0.4, 0.5) is 0 Å². The summed E-state index contributed by atoms with van der Waals surface area (Å²) < 4.78 is 2.25. The maximum absolute atomic E-state index is 12.2. The minimum atomic E-state index is 0.138. The molecule has 1 aromatic rings. The summed E-state index contributed by atoms with van der Waals surface area (Å²) >= 11 is 0. The molecule has 1 atom stereocenters. The van der Waals surface area contributed by atoms with Gasteiger partial charge in [-0.3, -0.25) is 4.79 Å². The van der Waals surface area contributed by atoms with Gasteiger partial charge in [-0.15, -0.1) is 0 Å². The van der Waals surface area contributed by atoms with E-state index in [1.54, 1.807) is 0 Å². The first-order chi connectivity index (χ1) is 9.96. The number of rotatable bonds is 3. The summed E-state index contributed by atoms with van der Waals surface area (Å²) in [5.74, 6) is 0.300. The molecule has 21 heavy (non-hydrogen) atoms. The van der Waals surface area contributed by atoms with Gasteiger partial charge in [-0.25, -0.2) is 0 Å². The van der Waals surface area contributed by atoms with E-state index < -0.39 is 0 Å². The summed E-state index contributed by atoms with van der Waals surface area (Å²) in [6, 6.07) is 2.29. The monoisotopic (exact) mass is 289 g/mol. The molecular formula is C17H27N3O. The number of carbonyl (C=O) groups excluding carboxylic acids is 1. The van der Waals surface area contributed by atoms with Crippen LogP contribution >= 0.6 is 0 Å². The normalized spacial score (nSPS) is 24.1. The Morgan fingerprint density at radius 1 is 1.38 bits per heavy atom. The highest BCUT2D eigenvalue weighted by Gasteiger charge is 2.32. The third-order valence-electron chi connectivity index (χ3n) is 4.96. The van der Waals surface area contributed by atoms with E-state index in [2.05, 4.69) is 30.7 Å². The highest BCUT2D eigenvalue weighted by Crippen LogP contribution is 2.40. The van der Waals surface area contributed by atoms with Gasteiger partial charge >= 0.3 is 0 Å². The van der Waals surface area contributed by atoms with Crippen molar-refractivity contribution in [3.05, 3.63) is 23.5 Å². The Kier molecular flexibility index (Phi) is 3.82. The molecule has 1 saturated heterocycles. The Balaban J connectivity index is 1.68. The first kappa shape index (κ1) is 14.6. The molecule has 116 valence electrons. The summed E-state index contributed by atoms with van der Waals surface area (Å²) in [5.41, 5.74) is 9.18. The largest absolute Gasteiger partial charge is 0.351 e. The number of nitrogens with zero attached hydrogens (tertiary/aromatic N) is 2. The number of likely N-dealkylation sites (tertiary alicyclic amines) is 1. The molecule has 0 bridgehead atoms. The van der Waals surface area contributed by atoms with Crippen molar-refractivity contribution in [2.45, 2.75) is 58.5 Å². The van der Waals surface area contributed by atoms with E-state index in [0.717, 1.165) is 45.3 Å². The molecule has 2 heterocycles. The van der Waals surface area contributed by atoms with Gasteiger partial charge in [0.05, 0.1) is 0 Å². The summed E-state index contributed by atoms with van der Waals surface area (Å²) in [6.07, 6.45) is 7.14. The van der Waals surface area contributed by atoms with Crippen molar-refractivity contribution >= 4 is 5.91 Å². The van der Waals surface area contributed by atoms with Crippen LogP contribution in [0.2, 0.25) is 0 Å². The fraction of sp³-hybridized carbons (Fsp3) is 0.706. The number of hydrogen-bond acceptors (Lipinski definition) is 2. The Labute approximate surface area is 127 Å². The van der Waals surface area contributed by atoms with Gasteiger partial charge in [-0.05, 0) is 42.7 Å². The molecule has 1 aliphatic carbocycles. The lowest BCUT2D eigenvalue weighted by atomic mass is 9.74. The fourth-order valence-electron chi connectivity index (χ4n) is 3.84. The lowest BCUT2D eigenvalue weighted by Crippen LogP contribution is -2.31. The number of aromatic nitrogens is 1. The number of nitrogens with two attached hydrogens (primary N) is 1. The molecule has 1 fully saturated rings. The highest BCUT2D eigenvalue weighted by molar-refractivity contribution is 5.76. The van der Waals surface area contributed by atoms with E-state index in [4.69, 9.17) is 5.73 Å². The van der Waals surface area contributed by atoms with E-state index in [-0.39, 0.29) is 11.5 Å². The quantitative estimate of drug-likeness (QED) is 0.929. The number of carbonyl (C=O) groups is 1. The third kappa shape index (κ3) is 3.00.